The second-order valence-corrected chi connectivity index (χ2v) is 7.58. The number of thiophene rings is 1. The Morgan fingerprint density at radius 1 is 1.20 bits per heavy atom. The van der Waals surface area contributed by atoms with E-state index in [9.17, 15) is 0 Å². The number of nitrogens with one attached hydrogen (secondary N) is 1. The summed E-state index contributed by atoms with van der Waals surface area (Å²) in [4.78, 5) is 2.79. The summed E-state index contributed by atoms with van der Waals surface area (Å²) in [5.74, 6) is 0. The average Bonchev–Trinajstić information content (AvgIpc) is 2.73. The van der Waals surface area contributed by atoms with Crippen molar-refractivity contribution < 1.29 is 0 Å². The molecule has 0 bridgehead atoms. The minimum atomic E-state index is 0.289. The van der Waals surface area contributed by atoms with Crippen LogP contribution in [0.5, 0.6) is 0 Å². The molecule has 20 heavy (non-hydrogen) atoms. The Morgan fingerprint density at radius 3 is 2.50 bits per heavy atom. The van der Waals surface area contributed by atoms with Gasteiger partial charge in [0.2, 0.25) is 0 Å². The van der Waals surface area contributed by atoms with Gasteiger partial charge in [-0.05, 0) is 62.6 Å². The van der Waals surface area contributed by atoms with Crippen molar-refractivity contribution in [2.45, 2.75) is 40.2 Å². The lowest BCUT2D eigenvalue weighted by molar-refractivity contribution is 0.597. The fourth-order valence-electron chi connectivity index (χ4n) is 2.42. The monoisotopic (exact) mass is 351 g/mol. The Bertz CT molecular complexity index is 589. The van der Waals surface area contributed by atoms with Crippen LogP contribution in [0.25, 0.3) is 0 Å². The van der Waals surface area contributed by atoms with Gasteiger partial charge in [-0.3, -0.25) is 0 Å². The van der Waals surface area contributed by atoms with Gasteiger partial charge >= 0.3 is 0 Å². The molecule has 0 aliphatic heterocycles. The van der Waals surface area contributed by atoms with Crippen LogP contribution in [-0.4, -0.2) is 6.54 Å². The zero-order valence-electron chi connectivity index (χ0n) is 12.6. The van der Waals surface area contributed by atoms with Gasteiger partial charge in [-0.1, -0.05) is 35.0 Å². The number of halogens is 1. The molecule has 0 fully saturated rings. The van der Waals surface area contributed by atoms with Crippen LogP contribution in [0.4, 0.5) is 0 Å². The number of hydrogen-bond donors (Lipinski definition) is 1. The molecule has 108 valence electrons. The fraction of sp³-hybridized carbons (Fsp3) is 0.412. The van der Waals surface area contributed by atoms with E-state index in [1.165, 1.54) is 30.9 Å². The molecule has 1 aromatic heterocycles. The average molecular weight is 352 g/mol. The Morgan fingerprint density at radius 2 is 1.95 bits per heavy atom. The molecule has 0 saturated carbocycles. The molecule has 0 radical (unpaired) electrons. The fourth-order valence-corrected chi connectivity index (χ4v) is 3.78. The topological polar surface area (TPSA) is 12.0 Å². The largest absolute Gasteiger partial charge is 0.306 e. The Balaban J connectivity index is 2.41. The Labute approximate surface area is 134 Å². The third-order valence-corrected chi connectivity index (χ3v) is 5.35. The molecule has 2 aromatic rings. The molecule has 0 saturated heterocycles. The maximum absolute atomic E-state index is 3.69. The molecule has 0 aliphatic carbocycles. The highest BCUT2D eigenvalue weighted by molar-refractivity contribution is 9.10. The molecule has 1 heterocycles. The first-order valence-electron chi connectivity index (χ1n) is 7.09. The summed E-state index contributed by atoms with van der Waals surface area (Å²) >= 11 is 5.53. The lowest BCUT2D eigenvalue weighted by atomic mass is 9.98. The van der Waals surface area contributed by atoms with E-state index in [2.05, 4.69) is 73.2 Å². The predicted molar refractivity (Wildman–Crippen MR) is 92.8 cm³/mol. The summed E-state index contributed by atoms with van der Waals surface area (Å²) < 4.78 is 1.18. The van der Waals surface area contributed by atoms with Crippen molar-refractivity contribution in [3.05, 3.63) is 55.2 Å². The lowest BCUT2D eigenvalue weighted by Crippen LogP contribution is -2.23. The van der Waals surface area contributed by atoms with Crippen molar-refractivity contribution >= 4 is 27.3 Å². The van der Waals surface area contributed by atoms with Crippen LogP contribution in [0.2, 0.25) is 0 Å². The summed E-state index contributed by atoms with van der Waals surface area (Å²) in [7, 11) is 0. The predicted octanol–water partition coefficient (Wildman–Crippen LogP) is 5.52. The van der Waals surface area contributed by atoms with E-state index < -0.39 is 0 Å². The van der Waals surface area contributed by atoms with E-state index in [4.69, 9.17) is 0 Å². The molecule has 0 aliphatic rings. The van der Waals surface area contributed by atoms with E-state index in [-0.39, 0.29) is 6.04 Å². The van der Waals surface area contributed by atoms with Gasteiger partial charge in [-0.2, -0.15) is 0 Å². The van der Waals surface area contributed by atoms with Crippen molar-refractivity contribution in [3.8, 4) is 0 Å². The van der Waals surface area contributed by atoms with Crippen molar-refractivity contribution in [1.29, 1.82) is 0 Å². The highest BCUT2D eigenvalue weighted by Gasteiger charge is 2.18. The smallest absolute Gasteiger partial charge is 0.0588 e. The SMILES string of the molecule is CCCNC(c1ccc(C)c(Br)c1)c1cc(C)sc1C. The first kappa shape index (κ1) is 15.7. The van der Waals surface area contributed by atoms with Crippen molar-refractivity contribution in [3.63, 3.8) is 0 Å². The van der Waals surface area contributed by atoms with E-state index in [1.807, 2.05) is 11.3 Å². The maximum Gasteiger partial charge on any atom is 0.0588 e. The molecular formula is C17H22BrNS. The van der Waals surface area contributed by atoms with Crippen molar-refractivity contribution in [2.24, 2.45) is 0 Å². The summed E-state index contributed by atoms with van der Waals surface area (Å²) in [6.45, 7) is 9.77. The minimum Gasteiger partial charge on any atom is -0.306 e. The Kier molecular flexibility index (Phi) is 5.42. The zero-order chi connectivity index (χ0) is 14.7. The van der Waals surface area contributed by atoms with E-state index in [0.29, 0.717) is 0 Å². The molecule has 0 amide bonds. The van der Waals surface area contributed by atoms with Gasteiger partial charge in [-0.15, -0.1) is 11.3 Å². The third-order valence-electron chi connectivity index (χ3n) is 3.52. The van der Waals surface area contributed by atoms with E-state index in [1.54, 1.807) is 0 Å². The standard InChI is InChI=1S/C17H22BrNS/c1-5-8-19-17(15-9-12(3)20-13(15)4)14-7-6-11(2)16(18)10-14/h6-7,9-10,17,19H,5,8H2,1-4H3. The van der Waals surface area contributed by atoms with Crippen LogP contribution in [0.3, 0.4) is 0 Å². The summed E-state index contributed by atoms with van der Waals surface area (Å²) in [6, 6.07) is 9.28. The van der Waals surface area contributed by atoms with Gasteiger partial charge in [0.05, 0.1) is 6.04 Å². The molecule has 1 nitrogen and oxygen atoms in total. The maximum atomic E-state index is 3.69. The van der Waals surface area contributed by atoms with Gasteiger partial charge < -0.3 is 5.32 Å². The number of hydrogen-bond acceptors (Lipinski definition) is 2. The normalized spacial score (nSPS) is 12.7. The number of rotatable bonds is 5. The summed E-state index contributed by atoms with van der Waals surface area (Å²) in [5.41, 5.74) is 4.02. The highest BCUT2D eigenvalue weighted by atomic mass is 79.9. The van der Waals surface area contributed by atoms with Gasteiger partial charge in [-0.25, -0.2) is 0 Å². The quantitative estimate of drug-likeness (QED) is 0.747. The minimum absolute atomic E-state index is 0.289. The summed E-state index contributed by atoms with van der Waals surface area (Å²) in [5, 5.41) is 3.69. The van der Waals surface area contributed by atoms with E-state index in [0.717, 1.165) is 13.0 Å². The van der Waals surface area contributed by atoms with Crippen LogP contribution < -0.4 is 5.32 Å². The summed E-state index contributed by atoms with van der Waals surface area (Å²) in [6.07, 6.45) is 1.14. The van der Waals surface area contributed by atoms with Crippen LogP contribution in [0.1, 0.15) is 45.8 Å². The molecule has 0 spiro atoms. The second-order valence-electron chi connectivity index (χ2n) is 5.26. The van der Waals surface area contributed by atoms with Crippen LogP contribution in [0, 0.1) is 20.8 Å². The van der Waals surface area contributed by atoms with Gasteiger partial charge in [0.25, 0.3) is 0 Å². The van der Waals surface area contributed by atoms with Crippen LogP contribution in [-0.2, 0) is 0 Å². The molecule has 3 heteroatoms. The van der Waals surface area contributed by atoms with Gasteiger partial charge in [0.1, 0.15) is 0 Å². The molecule has 1 unspecified atom stereocenters. The zero-order valence-corrected chi connectivity index (χ0v) is 15.0. The number of benzene rings is 1. The van der Waals surface area contributed by atoms with Crippen molar-refractivity contribution in [1.82, 2.24) is 5.32 Å². The molecule has 1 aromatic carbocycles. The van der Waals surface area contributed by atoms with Crippen molar-refractivity contribution in [2.75, 3.05) is 6.54 Å². The third kappa shape index (κ3) is 3.51. The van der Waals surface area contributed by atoms with Crippen LogP contribution in [0.15, 0.2) is 28.7 Å². The first-order chi connectivity index (χ1) is 9.52. The lowest BCUT2D eigenvalue weighted by Gasteiger charge is -2.20. The molecule has 2 rings (SSSR count). The van der Waals surface area contributed by atoms with Gasteiger partial charge in [0.15, 0.2) is 0 Å². The second kappa shape index (κ2) is 6.88. The molecule has 1 N–H and O–H groups in total. The highest BCUT2D eigenvalue weighted by Crippen LogP contribution is 2.32. The molecule has 1 atom stereocenters. The van der Waals surface area contributed by atoms with E-state index >= 15 is 0 Å². The Hall–Kier alpha value is -0.640. The van der Waals surface area contributed by atoms with Crippen LogP contribution >= 0.6 is 27.3 Å². The van der Waals surface area contributed by atoms with Gasteiger partial charge in [0, 0.05) is 14.2 Å². The first-order valence-corrected chi connectivity index (χ1v) is 8.70. The number of aryl methyl sites for hydroxylation is 3. The molecular weight excluding hydrogens is 330 g/mol.